The molecule has 0 spiro atoms. The fourth-order valence-corrected chi connectivity index (χ4v) is 4.55. The van der Waals surface area contributed by atoms with Gasteiger partial charge in [-0.1, -0.05) is 68.7 Å². The van der Waals surface area contributed by atoms with E-state index in [2.05, 4.69) is 43.4 Å². The highest BCUT2D eigenvalue weighted by Crippen LogP contribution is 2.37. The minimum Gasteiger partial charge on any atom is -0.504 e. The molecule has 7 nitrogen and oxygen atoms in total. The van der Waals surface area contributed by atoms with Gasteiger partial charge in [0.1, 0.15) is 16.7 Å². The summed E-state index contributed by atoms with van der Waals surface area (Å²) in [4.78, 5) is 26.5. The Bertz CT molecular complexity index is 1480. The van der Waals surface area contributed by atoms with E-state index in [-0.39, 0.29) is 46.3 Å². The maximum absolute atomic E-state index is 13.7. The minimum absolute atomic E-state index is 0.0141. The van der Waals surface area contributed by atoms with Crippen LogP contribution in [0.4, 0.5) is 0 Å². The van der Waals surface area contributed by atoms with E-state index in [1.165, 1.54) is 18.2 Å². The van der Waals surface area contributed by atoms with Crippen LogP contribution in [0.2, 0.25) is 0 Å². The molecule has 43 heavy (non-hydrogen) atoms. The molecule has 0 aliphatic rings. The molecule has 0 saturated carbocycles. The second-order valence-electron chi connectivity index (χ2n) is 10.7. The van der Waals surface area contributed by atoms with E-state index in [1.54, 1.807) is 18.2 Å². The maximum Gasteiger partial charge on any atom is 0.311 e. The van der Waals surface area contributed by atoms with E-state index in [9.17, 15) is 19.8 Å². The number of hydrogen-bond acceptors (Lipinski definition) is 7. The number of fused-ring (bicyclic) bond motifs is 1. The van der Waals surface area contributed by atoms with Crippen LogP contribution in [-0.2, 0) is 4.79 Å². The van der Waals surface area contributed by atoms with Gasteiger partial charge in [0.2, 0.25) is 11.2 Å². The van der Waals surface area contributed by atoms with Crippen molar-refractivity contribution >= 4 is 16.9 Å². The Balaban J connectivity index is 1.58. The SMILES string of the molecule is CC/C=C\C/C=C\C/C=C\CCCCCCCC(=O)Oc1c(-c2ccc(O)c(O)c2)oc2cccc(OC(C)C)c2c1=O. The highest BCUT2D eigenvalue weighted by Gasteiger charge is 2.23. The number of allylic oxidation sites excluding steroid dienone is 6. The van der Waals surface area contributed by atoms with Gasteiger partial charge < -0.3 is 24.1 Å². The van der Waals surface area contributed by atoms with Gasteiger partial charge in [-0.2, -0.15) is 0 Å². The van der Waals surface area contributed by atoms with E-state index in [1.807, 2.05) is 13.8 Å². The number of ether oxygens (including phenoxy) is 2. The van der Waals surface area contributed by atoms with Crippen molar-refractivity contribution in [2.75, 3.05) is 0 Å². The molecule has 0 unspecified atom stereocenters. The largest absolute Gasteiger partial charge is 0.504 e. The molecule has 1 heterocycles. The van der Waals surface area contributed by atoms with Gasteiger partial charge in [0, 0.05) is 12.0 Å². The summed E-state index contributed by atoms with van der Waals surface area (Å²) in [6.07, 6.45) is 21.9. The van der Waals surface area contributed by atoms with E-state index >= 15 is 0 Å². The number of hydrogen-bond donors (Lipinski definition) is 2. The summed E-state index contributed by atoms with van der Waals surface area (Å²) in [5.41, 5.74) is -0.0246. The van der Waals surface area contributed by atoms with Gasteiger partial charge in [0.25, 0.3) is 0 Å². The van der Waals surface area contributed by atoms with Crippen LogP contribution in [0.15, 0.2) is 82.1 Å². The second kappa shape index (κ2) is 17.6. The highest BCUT2D eigenvalue weighted by atomic mass is 16.5. The molecule has 0 aliphatic carbocycles. The lowest BCUT2D eigenvalue weighted by molar-refractivity contribution is -0.134. The lowest BCUT2D eigenvalue weighted by Gasteiger charge is -2.14. The Hall–Kier alpha value is -4.26. The molecule has 0 amide bonds. The van der Waals surface area contributed by atoms with Crippen LogP contribution in [0.1, 0.15) is 85.0 Å². The Morgan fingerprint density at radius 2 is 1.58 bits per heavy atom. The van der Waals surface area contributed by atoms with Crippen molar-refractivity contribution in [2.45, 2.75) is 91.1 Å². The smallest absolute Gasteiger partial charge is 0.311 e. The molecule has 1 aromatic heterocycles. The van der Waals surface area contributed by atoms with Crippen LogP contribution in [0, 0.1) is 0 Å². The summed E-state index contributed by atoms with van der Waals surface area (Å²) < 4.78 is 17.5. The number of carbonyl (C=O) groups excluding carboxylic acids is 1. The van der Waals surface area contributed by atoms with Crippen LogP contribution in [-0.4, -0.2) is 22.3 Å². The Kier molecular flexibility index (Phi) is 13.6. The number of unbranched alkanes of at least 4 members (excludes halogenated alkanes) is 5. The predicted octanol–water partition coefficient (Wildman–Crippen LogP) is 9.15. The van der Waals surface area contributed by atoms with Crippen molar-refractivity contribution < 1.29 is 28.9 Å². The zero-order valence-electron chi connectivity index (χ0n) is 25.5. The molecule has 230 valence electrons. The van der Waals surface area contributed by atoms with Crippen LogP contribution < -0.4 is 14.9 Å². The molecule has 2 N–H and O–H groups in total. The third-order valence-corrected chi connectivity index (χ3v) is 6.69. The monoisotopic (exact) mass is 588 g/mol. The standard InChI is InChI=1S/C36H44O7/c1-4-5-6-7-8-9-10-11-12-13-14-15-16-17-18-22-32(39)43-36-34(40)33-30(41-26(2)3)20-19-21-31(33)42-35(36)27-23-24-28(37)29(38)25-27/h5-6,8-9,11-12,19-21,23-26,37-38H,4,7,10,13-18,22H2,1-3H3/b6-5-,9-8-,12-11-. The number of rotatable bonds is 17. The zero-order chi connectivity index (χ0) is 31.0. The van der Waals surface area contributed by atoms with Gasteiger partial charge >= 0.3 is 5.97 Å². The van der Waals surface area contributed by atoms with Crippen molar-refractivity contribution in [3.8, 4) is 34.3 Å². The normalized spacial score (nSPS) is 11.9. The quantitative estimate of drug-likeness (QED) is 0.0701. The lowest BCUT2D eigenvalue weighted by atomic mass is 10.1. The second-order valence-corrected chi connectivity index (χ2v) is 10.7. The van der Waals surface area contributed by atoms with Crippen LogP contribution in [0.5, 0.6) is 23.0 Å². The summed E-state index contributed by atoms with van der Waals surface area (Å²) in [7, 11) is 0. The fraction of sp³-hybridized carbons (Fsp3) is 0.389. The third kappa shape index (κ3) is 10.5. The molecule has 7 heteroatoms. The van der Waals surface area contributed by atoms with Gasteiger partial charge in [0.15, 0.2) is 17.3 Å². The third-order valence-electron chi connectivity index (χ3n) is 6.69. The highest BCUT2D eigenvalue weighted by molar-refractivity contribution is 5.88. The fourth-order valence-electron chi connectivity index (χ4n) is 4.55. The van der Waals surface area contributed by atoms with Crippen molar-refractivity contribution in [1.82, 2.24) is 0 Å². The van der Waals surface area contributed by atoms with Crippen LogP contribution >= 0.6 is 0 Å². The summed E-state index contributed by atoms with van der Waals surface area (Å²) in [5, 5.41) is 20.0. The summed E-state index contributed by atoms with van der Waals surface area (Å²) in [6, 6.07) is 9.00. The predicted molar refractivity (Wildman–Crippen MR) is 172 cm³/mol. The van der Waals surface area contributed by atoms with Crippen LogP contribution in [0.25, 0.3) is 22.3 Å². The zero-order valence-corrected chi connectivity index (χ0v) is 25.5. The lowest BCUT2D eigenvalue weighted by Crippen LogP contribution is -2.17. The van der Waals surface area contributed by atoms with Gasteiger partial charge in [-0.05, 0) is 82.7 Å². The molecule has 0 atom stereocenters. The number of phenolic OH excluding ortho intramolecular Hbond substituents is 2. The first-order chi connectivity index (χ1) is 20.8. The topological polar surface area (TPSA) is 106 Å². The number of carbonyl (C=O) groups is 1. The molecule has 3 rings (SSSR count). The van der Waals surface area contributed by atoms with Crippen molar-refractivity contribution in [2.24, 2.45) is 0 Å². The van der Waals surface area contributed by atoms with E-state index < -0.39 is 17.1 Å². The van der Waals surface area contributed by atoms with Gasteiger partial charge in [-0.3, -0.25) is 9.59 Å². The van der Waals surface area contributed by atoms with Gasteiger partial charge in [0.05, 0.1) is 6.10 Å². The van der Waals surface area contributed by atoms with Crippen molar-refractivity contribution in [3.05, 3.63) is 83.1 Å². The maximum atomic E-state index is 13.7. The minimum atomic E-state index is -0.551. The van der Waals surface area contributed by atoms with Gasteiger partial charge in [-0.15, -0.1) is 0 Å². The van der Waals surface area contributed by atoms with Crippen molar-refractivity contribution in [3.63, 3.8) is 0 Å². The van der Waals surface area contributed by atoms with E-state index in [4.69, 9.17) is 13.9 Å². The molecule has 0 saturated heterocycles. The summed E-state index contributed by atoms with van der Waals surface area (Å²) >= 11 is 0. The Morgan fingerprint density at radius 1 is 0.884 bits per heavy atom. The molecule has 0 radical (unpaired) electrons. The van der Waals surface area contributed by atoms with E-state index in [0.29, 0.717) is 12.2 Å². The first-order valence-electron chi connectivity index (χ1n) is 15.3. The molecule has 2 aromatic carbocycles. The molecular formula is C36H44O7. The number of benzene rings is 2. The molecule has 3 aromatic rings. The number of phenols is 2. The Labute approximate surface area is 254 Å². The molecule has 0 aliphatic heterocycles. The summed E-state index contributed by atoms with van der Waals surface area (Å²) in [6.45, 7) is 5.83. The average Bonchev–Trinajstić information content (AvgIpc) is 2.97. The molecule has 0 bridgehead atoms. The molecule has 0 fully saturated rings. The first-order valence-corrected chi connectivity index (χ1v) is 15.3. The number of aromatic hydroxyl groups is 2. The number of esters is 1. The summed E-state index contributed by atoms with van der Waals surface area (Å²) in [5.74, 6) is -1.22. The Morgan fingerprint density at radius 3 is 2.30 bits per heavy atom. The first kappa shape index (κ1) is 33.2. The van der Waals surface area contributed by atoms with Crippen molar-refractivity contribution in [1.29, 1.82) is 0 Å². The average molecular weight is 589 g/mol. The van der Waals surface area contributed by atoms with E-state index in [0.717, 1.165) is 51.4 Å². The molecular weight excluding hydrogens is 544 g/mol. The van der Waals surface area contributed by atoms with Crippen LogP contribution in [0.3, 0.4) is 0 Å². The van der Waals surface area contributed by atoms with Gasteiger partial charge in [-0.25, -0.2) is 0 Å².